The van der Waals surface area contributed by atoms with Gasteiger partial charge in [0.15, 0.2) is 11.5 Å². The Morgan fingerprint density at radius 1 is 1.07 bits per heavy atom. The lowest BCUT2D eigenvalue weighted by molar-refractivity contribution is -0.116. The van der Waals surface area contributed by atoms with Crippen molar-refractivity contribution in [1.29, 1.82) is 0 Å². The summed E-state index contributed by atoms with van der Waals surface area (Å²) in [6.45, 7) is 0. The molecule has 2 aromatic carbocycles. The highest BCUT2D eigenvalue weighted by Crippen LogP contribution is 2.52. The first-order valence-electron chi connectivity index (χ1n) is 9.09. The van der Waals surface area contributed by atoms with Crippen LogP contribution in [0.1, 0.15) is 22.8 Å². The van der Waals surface area contributed by atoms with E-state index >= 15 is 0 Å². The number of nitrogens with one attached hydrogen (secondary N) is 1. The molecule has 1 atom stereocenters. The molecule has 1 aromatic heterocycles. The van der Waals surface area contributed by atoms with Gasteiger partial charge in [0.25, 0.3) is 0 Å². The molecule has 4 rings (SSSR count). The van der Waals surface area contributed by atoms with Gasteiger partial charge in [-0.1, -0.05) is 0 Å². The minimum atomic E-state index is -0.431. The summed E-state index contributed by atoms with van der Waals surface area (Å²) in [5, 5.41) is 23.4. The second-order valence-corrected chi connectivity index (χ2v) is 7.51. The molecule has 0 radical (unpaired) electrons. The first kappa shape index (κ1) is 19.8. The van der Waals surface area contributed by atoms with Crippen LogP contribution in [0.5, 0.6) is 28.7 Å². The van der Waals surface area contributed by atoms with Crippen LogP contribution in [0.25, 0.3) is 11.3 Å². The summed E-state index contributed by atoms with van der Waals surface area (Å²) in [6, 6.07) is 8.98. The van der Waals surface area contributed by atoms with Crippen LogP contribution in [0.4, 0.5) is 5.69 Å². The zero-order valence-corrected chi connectivity index (χ0v) is 17.4. The molecule has 2 heterocycles. The SMILES string of the molecule is COc1ccc(-c2nsc3c2NC(=O)C[C@H]3c2cc(OC)c(O)c(O)c2OC)cc1. The maximum atomic E-state index is 12.6. The Hall–Kier alpha value is -3.46. The number of hydrogen-bond acceptors (Lipinski definition) is 8. The smallest absolute Gasteiger partial charge is 0.225 e. The predicted octanol–water partition coefficient (Wildman–Crippen LogP) is 3.72. The van der Waals surface area contributed by atoms with Crippen molar-refractivity contribution in [2.45, 2.75) is 12.3 Å². The zero-order valence-electron chi connectivity index (χ0n) is 16.6. The number of phenolic OH excluding ortho intramolecular Hbond substituents is 2. The summed E-state index contributed by atoms with van der Waals surface area (Å²) < 4.78 is 20.3. The number of ether oxygens (including phenoxy) is 3. The van der Waals surface area contributed by atoms with E-state index in [2.05, 4.69) is 9.69 Å². The van der Waals surface area contributed by atoms with Crippen LogP contribution in [0.2, 0.25) is 0 Å². The van der Waals surface area contributed by atoms with E-state index in [9.17, 15) is 15.0 Å². The molecular weight excluding hydrogens is 408 g/mol. The van der Waals surface area contributed by atoms with E-state index in [-0.39, 0.29) is 23.8 Å². The standard InChI is InChI=1S/C21H20N2O6S/c1-27-11-6-4-10(5-7-11)16-17-21(30-23-16)13(9-15(24)22-17)12-8-14(28-2)18(25)19(26)20(12)29-3/h4-8,13,25-26H,9H2,1-3H3,(H,22,24)/t13-/m0/s1. The molecule has 0 saturated carbocycles. The van der Waals surface area contributed by atoms with Crippen molar-refractivity contribution in [2.24, 2.45) is 0 Å². The highest BCUT2D eigenvalue weighted by molar-refractivity contribution is 7.07. The third-order valence-corrected chi connectivity index (χ3v) is 6.03. The summed E-state index contributed by atoms with van der Waals surface area (Å²) in [4.78, 5) is 13.4. The van der Waals surface area contributed by atoms with E-state index in [1.165, 1.54) is 25.8 Å². The van der Waals surface area contributed by atoms with Gasteiger partial charge in [-0.25, -0.2) is 0 Å². The highest BCUT2D eigenvalue weighted by Gasteiger charge is 2.35. The Morgan fingerprint density at radius 2 is 1.80 bits per heavy atom. The minimum Gasteiger partial charge on any atom is -0.502 e. The fourth-order valence-electron chi connectivity index (χ4n) is 3.59. The summed E-state index contributed by atoms with van der Waals surface area (Å²) in [5.41, 5.74) is 2.66. The Morgan fingerprint density at radius 3 is 2.43 bits per heavy atom. The van der Waals surface area contributed by atoms with Crippen LogP contribution in [0.3, 0.4) is 0 Å². The lowest BCUT2D eigenvalue weighted by Gasteiger charge is -2.25. The molecule has 1 aliphatic heterocycles. The van der Waals surface area contributed by atoms with E-state index in [1.807, 2.05) is 24.3 Å². The van der Waals surface area contributed by atoms with Crippen molar-refractivity contribution in [3.05, 3.63) is 40.8 Å². The van der Waals surface area contributed by atoms with Crippen LogP contribution in [0, 0.1) is 0 Å². The number of carbonyl (C=O) groups excluding carboxylic acids is 1. The largest absolute Gasteiger partial charge is 0.502 e. The number of rotatable bonds is 5. The maximum Gasteiger partial charge on any atom is 0.225 e. The van der Waals surface area contributed by atoms with Gasteiger partial charge in [0, 0.05) is 23.5 Å². The van der Waals surface area contributed by atoms with Crippen molar-refractivity contribution in [3.8, 4) is 40.0 Å². The van der Waals surface area contributed by atoms with Crippen LogP contribution >= 0.6 is 11.5 Å². The number of fused-ring (bicyclic) bond motifs is 1. The molecule has 0 spiro atoms. The number of carbonyl (C=O) groups is 1. The van der Waals surface area contributed by atoms with Crippen molar-refractivity contribution < 1.29 is 29.2 Å². The zero-order chi connectivity index (χ0) is 21.4. The van der Waals surface area contributed by atoms with Gasteiger partial charge in [0.2, 0.25) is 17.4 Å². The topological polar surface area (TPSA) is 110 Å². The lowest BCUT2D eigenvalue weighted by atomic mass is 9.88. The van der Waals surface area contributed by atoms with Gasteiger partial charge in [-0.15, -0.1) is 0 Å². The molecule has 1 amide bonds. The average molecular weight is 428 g/mol. The summed E-state index contributed by atoms with van der Waals surface area (Å²) >= 11 is 1.27. The number of benzene rings is 2. The highest BCUT2D eigenvalue weighted by atomic mass is 32.1. The molecule has 156 valence electrons. The second-order valence-electron chi connectivity index (χ2n) is 6.70. The van der Waals surface area contributed by atoms with E-state index in [1.54, 1.807) is 13.2 Å². The molecule has 30 heavy (non-hydrogen) atoms. The molecule has 0 fully saturated rings. The molecule has 9 heteroatoms. The number of anilines is 1. The number of aromatic hydroxyl groups is 2. The van der Waals surface area contributed by atoms with Crippen molar-refractivity contribution in [2.75, 3.05) is 26.6 Å². The quantitative estimate of drug-likeness (QED) is 0.531. The Labute approximate surface area is 176 Å². The van der Waals surface area contributed by atoms with Crippen LogP contribution in [-0.2, 0) is 4.79 Å². The van der Waals surface area contributed by atoms with Gasteiger partial charge in [-0.2, -0.15) is 4.37 Å². The third kappa shape index (κ3) is 3.17. The normalized spacial score (nSPS) is 15.3. The van der Waals surface area contributed by atoms with Crippen molar-refractivity contribution in [3.63, 3.8) is 0 Å². The van der Waals surface area contributed by atoms with Crippen molar-refractivity contribution in [1.82, 2.24) is 4.37 Å². The molecule has 3 N–H and O–H groups in total. The fourth-order valence-corrected chi connectivity index (χ4v) is 4.56. The van der Waals surface area contributed by atoms with Crippen LogP contribution < -0.4 is 19.5 Å². The summed E-state index contributed by atoms with van der Waals surface area (Å²) in [5.74, 6) is -0.541. The van der Waals surface area contributed by atoms with Gasteiger partial charge >= 0.3 is 0 Å². The van der Waals surface area contributed by atoms with Gasteiger partial charge in [0.1, 0.15) is 11.4 Å². The van der Waals surface area contributed by atoms with E-state index in [0.29, 0.717) is 16.9 Å². The molecule has 1 aliphatic rings. The van der Waals surface area contributed by atoms with E-state index < -0.39 is 17.4 Å². The number of amides is 1. The lowest BCUT2D eigenvalue weighted by Crippen LogP contribution is -2.22. The molecular formula is C21H20N2O6S. The van der Waals surface area contributed by atoms with Crippen LogP contribution in [-0.4, -0.2) is 41.8 Å². The van der Waals surface area contributed by atoms with E-state index in [4.69, 9.17) is 14.2 Å². The molecule has 0 unspecified atom stereocenters. The number of hydrogen-bond donors (Lipinski definition) is 3. The second kappa shape index (κ2) is 7.75. The van der Waals surface area contributed by atoms with Gasteiger partial charge in [0.05, 0.1) is 31.9 Å². The first-order chi connectivity index (χ1) is 14.5. The van der Waals surface area contributed by atoms with Crippen molar-refractivity contribution >= 4 is 23.1 Å². The number of nitrogens with zero attached hydrogens (tertiary/aromatic N) is 1. The predicted molar refractivity (Wildman–Crippen MR) is 112 cm³/mol. The number of methoxy groups -OCH3 is 3. The van der Waals surface area contributed by atoms with Gasteiger partial charge in [-0.05, 0) is 41.9 Å². The number of aromatic nitrogens is 1. The third-order valence-electron chi connectivity index (χ3n) is 5.07. The minimum absolute atomic E-state index is 0.0933. The number of phenols is 2. The van der Waals surface area contributed by atoms with Gasteiger partial charge in [-0.3, -0.25) is 4.79 Å². The molecule has 0 aliphatic carbocycles. The van der Waals surface area contributed by atoms with E-state index in [0.717, 1.165) is 16.2 Å². The fraction of sp³-hybridized carbons (Fsp3) is 0.238. The van der Waals surface area contributed by atoms with Crippen LogP contribution in [0.15, 0.2) is 30.3 Å². The molecule has 3 aromatic rings. The molecule has 0 bridgehead atoms. The summed E-state index contributed by atoms with van der Waals surface area (Å²) in [7, 11) is 4.38. The molecule has 8 nitrogen and oxygen atoms in total. The molecule has 0 saturated heterocycles. The Bertz CT molecular complexity index is 1110. The average Bonchev–Trinajstić information content (AvgIpc) is 3.18. The summed E-state index contributed by atoms with van der Waals surface area (Å²) in [6.07, 6.45) is 0.140. The first-order valence-corrected chi connectivity index (χ1v) is 9.86. The monoisotopic (exact) mass is 428 g/mol. The maximum absolute atomic E-state index is 12.6. The Balaban J connectivity index is 1.85. The van der Waals surface area contributed by atoms with Gasteiger partial charge < -0.3 is 29.7 Å². The Kier molecular flexibility index (Phi) is 5.13.